The molecular weight excluding hydrogens is 174 g/mol. The van der Waals surface area contributed by atoms with E-state index in [2.05, 4.69) is 0 Å². The Morgan fingerprint density at radius 1 is 1.21 bits per heavy atom. The first-order valence-electron chi connectivity index (χ1n) is 5.23. The zero-order valence-corrected chi connectivity index (χ0v) is 8.41. The average Bonchev–Trinajstić information content (AvgIpc) is 2.19. The van der Waals surface area contributed by atoms with E-state index in [1.807, 2.05) is 30.3 Å². The quantitative estimate of drug-likeness (QED) is 0.791. The van der Waals surface area contributed by atoms with Gasteiger partial charge in [-0.25, -0.2) is 0 Å². The predicted molar refractivity (Wildman–Crippen MR) is 57.3 cm³/mol. The van der Waals surface area contributed by atoms with Crippen LogP contribution < -0.4 is 10.5 Å². The molecule has 0 heterocycles. The van der Waals surface area contributed by atoms with E-state index in [0.29, 0.717) is 0 Å². The third kappa shape index (κ3) is 1.90. The van der Waals surface area contributed by atoms with Crippen LogP contribution in [0.1, 0.15) is 19.3 Å². The number of rotatable bonds is 4. The monoisotopic (exact) mass is 191 g/mol. The normalized spacial score (nSPS) is 18.6. The van der Waals surface area contributed by atoms with Crippen LogP contribution in [0.5, 0.6) is 5.75 Å². The number of hydrogen-bond acceptors (Lipinski definition) is 2. The fourth-order valence-electron chi connectivity index (χ4n) is 1.84. The van der Waals surface area contributed by atoms with E-state index in [1.54, 1.807) is 0 Å². The predicted octanol–water partition coefficient (Wildman–Crippen LogP) is 2.19. The summed E-state index contributed by atoms with van der Waals surface area (Å²) in [5.74, 6) is 0.951. The van der Waals surface area contributed by atoms with Crippen LogP contribution in [0.15, 0.2) is 30.3 Å². The number of ether oxygens (including phenoxy) is 1. The summed E-state index contributed by atoms with van der Waals surface area (Å²) in [6.45, 7) is 1.52. The molecule has 0 bridgehead atoms. The van der Waals surface area contributed by atoms with Gasteiger partial charge in [-0.15, -0.1) is 0 Å². The van der Waals surface area contributed by atoms with Crippen LogP contribution in [0.2, 0.25) is 0 Å². The molecule has 1 aromatic rings. The molecule has 2 nitrogen and oxygen atoms in total. The molecule has 2 heteroatoms. The highest BCUT2D eigenvalue weighted by Gasteiger charge is 2.36. The summed E-state index contributed by atoms with van der Waals surface area (Å²) in [6, 6.07) is 9.96. The van der Waals surface area contributed by atoms with E-state index in [4.69, 9.17) is 10.5 Å². The minimum absolute atomic E-state index is 0.274. The lowest BCUT2D eigenvalue weighted by Crippen LogP contribution is -2.42. The van der Waals surface area contributed by atoms with Gasteiger partial charge in [0.05, 0.1) is 6.61 Å². The molecular formula is C12H17NO. The Morgan fingerprint density at radius 3 is 2.43 bits per heavy atom. The van der Waals surface area contributed by atoms with Crippen molar-refractivity contribution in [2.75, 3.05) is 13.2 Å². The van der Waals surface area contributed by atoms with Crippen LogP contribution in [-0.4, -0.2) is 13.2 Å². The fraction of sp³-hybridized carbons (Fsp3) is 0.500. The van der Waals surface area contributed by atoms with Crippen LogP contribution in [0.3, 0.4) is 0 Å². The van der Waals surface area contributed by atoms with Crippen molar-refractivity contribution < 1.29 is 4.74 Å². The minimum Gasteiger partial charge on any atom is -0.493 e. The highest BCUT2D eigenvalue weighted by molar-refractivity contribution is 5.21. The molecule has 0 atom stereocenters. The second kappa shape index (κ2) is 4.01. The molecule has 0 aliphatic heterocycles. The molecule has 0 aromatic heterocycles. The first-order valence-corrected chi connectivity index (χ1v) is 5.23. The molecule has 0 spiro atoms. The maximum absolute atomic E-state index is 5.75. The third-order valence-corrected chi connectivity index (χ3v) is 3.14. The SMILES string of the molecule is NCC1(COc2ccccc2)CCC1. The molecule has 2 rings (SSSR count). The van der Waals surface area contributed by atoms with Gasteiger partial charge in [-0.05, 0) is 25.0 Å². The molecule has 1 fully saturated rings. The van der Waals surface area contributed by atoms with Gasteiger partial charge in [0.25, 0.3) is 0 Å². The van der Waals surface area contributed by atoms with Gasteiger partial charge in [0, 0.05) is 12.0 Å². The standard InChI is InChI=1S/C12H17NO/c13-9-12(7-4-8-12)10-14-11-5-2-1-3-6-11/h1-3,5-6H,4,7-10,13H2. The Balaban J connectivity index is 1.88. The maximum Gasteiger partial charge on any atom is 0.119 e. The number of hydrogen-bond donors (Lipinski definition) is 1. The zero-order valence-electron chi connectivity index (χ0n) is 8.41. The van der Waals surface area contributed by atoms with Crippen LogP contribution in [0, 0.1) is 5.41 Å². The summed E-state index contributed by atoms with van der Waals surface area (Å²) >= 11 is 0. The van der Waals surface area contributed by atoms with Crippen molar-refractivity contribution in [2.24, 2.45) is 11.1 Å². The highest BCUT2D eigenvalue weighted by Crippen LogP contribution is 2.40. The van der Waals surface area contributed by atoms with E-state index in [9.17, 15) is 0 Å². The number of benzene rings is 1. The average molecular weight is 191 g/mol. The maximum atomic E-state index is 5.75. The smallest absolute Gasteiger partial charge is 0.119 e. The Kier molecular flexibility index (Phi) is 2.73. The van der Waals surface area contributed by atoms with E-state index in [1.165, 1.54) is 19.3 Å². The summed E-state index contributed by atoms with van der Waals surface area (Å²) < 4.78 is 5.72. The van der Waals surface area contributed by atoms with Gasteiger partial charge in [0.15, 0.2) is 0 Å². The lowest BCUT2D eigenvalue weighted by atomic mass is 9.69. The highest BCUT2D eigenvalue weighted by atomic mass is 16.5. The van der Waals surface area contributed by atoms with Gasteiger partial charge in [-0.2, -0.15) is 0 Å². The summed E-state index contributed by atoms with van der Waals surface area (Å²) in [5, 5.41) is 0. The van der Waals surface area contributed by atoms with Crippen LogP contribution in [0.4, 0.5) is 0 Å². The Labute approximate surface area is 85.1 Å². The molecule has 0 saturated heterocycles. The molecule has 76 valence electrons. The molecule has 0 radical (unpaired) electrons. The molecule has 2 N–H and O–H groups in total. The van der Waals surface area contributed by atoms with Crippen molar-refractivity contribution in [3.8, 4) is 5.75 Å². The van der Waals surface area contributed by atoms with Gasteiger partial charge >= 0.3 is 0 Å². The van der Waals surface area contributed by atoms with Crippen LogP contribution >= 0.6 is 0 Å². The lowest BCUT2D eigenvalue weighted by molar-refractivity contribution is 0.0668. The van der Waals surface area contributed by atoms with Crippen molar-refractivity contribution in [3.63, 3.8) is 0 Å². The number of para-hydroxylation sites is 1. The molecule has 1 aromatic carbocycles. The second-order valence-corrected chi connectivity index (χ2v) is 4.16. The largest absolute Gasteiger partial charge is 0.493 e. The van der Waals surface area contributed by atoms with E-state index >= 15 is 0 Å². The summed E-state index contributed by atoms with van der Waals surface area (Å²) in [5.41, 5.74) is 6.03. The Bertz CT molecular complexity index is 274. The summed E-state index contributed by atoms with van der Waals surface area (Å²) in [6.07, 6.45) is 3.74. The minimum atomic E-state index is 0.274. The fourth-order valence-corrected chi connectivity index (χ4v) is 1.84. The topological polar surface area (TPSA) is 35.2 Å². The van der Waals surface area contributed by atoms with Gasteiger partial charge in [0.2, 0.25) is 0 Å². The van der Waals surface area contributed by atoms with Crippen molar-refractivity contribution >= 4 is 0 Å². The Morgan fingerprint density at radius 2 is 1.93 bits per heavy atom. The summed E-state index contributed by atoms with van der Waals surface area (Å²) in [4.78, 5) is 0. The van der Waals surface area contributed by atoms with Gasteiger partial charge in [0.1, 0.15) is 5.75 Å². The second-order valence-electron chi connectivity index (χ2n) is 4.16. The van der Waals surface area contributed by atoms with E-state index in [0.717, 1.165) is 18.9 Å². The molecule has 1 aliphatic rings. The van der Waals surface area contributed by atoms with Crippen molar-refractivity contribution in [1.29, 1.82) is 0 Å². The van der Waals surface area contributed by atoms with E-state index in [-0.39, 0.29) is 5.41 Å². The molecule has 14 heavy (non-hydrogen) atoms. The lowest BCUT2D eigenvalue weighted by Gasteiger charge is -2.40. The van der Waals surface area contributed by atoms with Crippen LogP contribution in [-0.2, 0) is 0 Å². The number of nitrogens with two attached hydrogens (primary N) is 1. The first kappa shape index (κ1) is 9.53. The molecule has 0 unspecified atom stereocenters. The van der Waals surface area contributed by atoms with Gasteiger partial charge in [-0.1, -0.05) is 24.6 Å². The van der Waals surface area contributed by atoms with Crippen LogP contribution in [0.25, 0.3) is 0 Å². The van der Waals surface area contributed by atoms with Crippen molar-refractivity contribution in [3.05, 3.63) is 30.3 Å². The molecule has 1 aliphatic carbocycles. The molecule has 0 amide bonds. The van der Waals surface area contributed by atoms with Crippen molar-refractivity contribution in [2.45, 2.75) is 19.3 Å². The first-order chi connectivity index (χ1) is 6.85. The van der Waals surface area contributed by atoms with E-state index < -0.39 is 0 Å². The van der Waals surface area contributed by atoms with Crippen molar-refractivity contribution in [1.82, 2.24) is 0 Å². The Hall–Kier alpha value is -1.02. The zero-order chi connectivity index (χ0) is 9.86. The van der Waals surface area contributed by atoms with Gasteiger partial charge < -0.3 is 10.5 Å². The van der Waals surface area contributed by atoms with Gasteiger partial charge in [-0.3, -0.25) is 0 Å². The summed E-state index contributed by atoms with van der Waals surface area (Å²) in [7, 11) is 0. The molecule has 1 saturated carbocycles. The third-order valence-electron chi connectivity index (χ3n) is 3.14.